The first-order valence-corrected chi connectivity index (χ1v) is 6.52. The van der Waals surface area contributed by atoms with Gasteiger partial charge in [-0.3, -0.25) is 4.79 Å². The summed E-state index contributed by atoms with van der Waals surface area (Å²) in [5.41, 5.74) is 5.71. The number of benzene rings is 1. The van der Waals surface area contributed by atoms with Gasteiger partial charge in [-0.15, -0.1) is 12.4 Å². The summed E-state index contributed by atoms with van der Waals surface area (Å²) in [6.07, 6.45) is 1.68. The van der Waals surface area contributed by atoms with Crippen molar-refractivity contribution in [1.29, 1.82) is 0 Å². The van der Waals surface area contributed by atoms with E-state index in [1.54, 1.807) is 4.90 Å². The van der Waals surface area contributed by atoms with Crippen molar-refractivity contribution in [3.63, 3.8) is 0 Å². The SMILES string of the molecule is Cl.NCC1CCN(C(=O)Cc2cccc(F)c2F)CC1. The van der Waals surface area contributed by atoms with Crippen molar-refractivity contribution in [2.45, 2.75) is 19.3 Å². The van der Waals surface area contributed by atoms with Crippen LogP contribution in [0.5, 0.6) is 0 Å². The Morgan fingerprint density at radius 3 is 2.55 bits per heavy atom. The average molecular weight is 305 g/mol. The summed E-state index contributed by atoms with van der Waals surface area (Å²) in [6, 6.07) is 3.92. The van der Waals surface area contributed by atoms with E-state index in [4.69, 9.17) is 5.73 Å². The molecule has 6 heteroatoms. The van der Waals surface area contributed by atoms with E-state index >= 15 is 0 Å². The molecule has 20 heavy (non-hydrogen) atoms. The monoisotopic (exact) mass is 304 g/mol. The fourth-order valence-corrected chi connectivity index (χ4v) is 2.38. The molecule has 0 aliphatic carbocycles. The van der Waals surface area contributed by atoms with Crippen LogP contribution < -0.4 is 5.73 Å². The molecule has 2 rings (SSSR count). The molecule has 0 unspecified atom stereocenters. The maximum absolute atomic E-state index is 13.5. The van der Waals surface area contributed by atoms with E-state index in [-0.39, 0.29) is 30.3 Å². The van der Waals surface area contributed by atoms with Gasteiger partial charge in [0, 0.05) is 18.7 Å². The van der Waals surface area contributed by atoms with Gasteiger partial charge in [-0.2, -0.15) is 0 Å². The molecule has 1 aliphatic heterocycles. The second-order valence-electron chi connectivity index (χ2n) is 4.95. The molecule has 112 valence electrons. The summed E-state index contributed by atoms with van der Waals surface area (Å²) in [5, 5.41) is 0. The van der Waals surface area contributed by atoms with Crippen LogP contribution in [0.4, 0.5) is 8.78 Å². The highest BCUT2D eigenvalue weighted by atomic mass is 35.5. The van der Waals surface area contributed by atoms with Crippen LogP contribution in [0.15, 0.2) is 18.2 Å². The highest BCUT2D eigenvalue weighted by Crippen LogP contribution is 2.18. The molecule has 1 fully saturated rings. The van der Waals surface area contributed by atoms with E-state index in [9.17, 15) is 13.6 Å². The van der Waals surface area contributed by atoms with Crippen LogP contribution in [-0.2, 0) is 11.2 Å². The van der Waals surface area contributed by atoms with Gasteiger partial charge in [0.15, 0.2) is 11.6 Å². The van der Waals surface area contributed by atoms with E-state index in [1.165, 1.54) is 12.1 Å². The Bertz CT molecular complexity index is 462. The van der Waals surface area contributed by atoms with Crippen LogP contribution in [0.1, 0.15) is 18.4 Å². The first-order valence-electron chi connectivity index (χ1n) is 6.52. The third-order valence-corrected chi connectivity index (χ3v) is 3.67. The molecule has 1 heterocycles. The number of carbonyl (C=O) groups is 1. The van der Waals surface area contributed by atoms with Gasteiger partial charge in [0.1, 0.15) is 0 Å². The van der Waals surface area contributed by atoms with Gasteiger partial charge in [0.05, 0.1) is 6.42 Å². The molecule has 1 saturated heterocycles. The molecule has 2 N–H and O–H groups in total. The Kier molecular flexibility index (Phi) is 6.36. The van der Waals surface area contributed by atoms with Crippen molar-refractivity contribution < 1.29 is 13.6 Å². The molecule has 1 aromatic carbocycles. The number of carbonyl (C=O) groups excluding carboxylic acids is 1. The molecule has 0 radical (unpaired) electrons. The van der Waals surface area contributed by atoms with Crippen LogP contribution in [-0.4, -0.2) is 30.4 Å². The number of hydrogen-bond donors (Lipinski definition) is 1. The zero-order valence-electron chi connectivity index (χ0n) is 11.1. The number of hydrogen-bond acceptors (Lipinski definition) is 2. The van der Waals surface area contributed by atoms with Crippen molar-refractivity contribution >= 4 is 18.3 Å². The fraction of sp³-hybridized carbons (Fsp3) is 0.500. The second kappa shape index (κ2) is 7.55. The smallest absolute Gasteiger partial charge is 0.227 e. The lowest BCUT2D eigenvalue weighted by molar-refractivity contribution is -0.131. The highest BCUT2D eigenvalue weighted by molar-refractivity contribution is 5.85. The molecule has 1 aliphatic rings. The molecular weight excluding hydrogens is 286 g/mol. The summed E-state index contributed by atoms with van der Waals surface area (Å²) in [6.45, 7) is 1.94. The molecule has 0 spiro atoms. The quantitative estimate of drug-likeness (QED) is 0.930. The predicted octanol–water partition coefficient (Wildman–Crippen LogP) is 2.13. The van der Waals surface area contributed by atoms with Gasteiger partial charge in [0.2, 0.25) is 5.91 Å². The first kappa shape index (κ1) is 16.9. The number of piperidine rings is 1. The van der Waals surface area contributed by atoms with E-state index in [0.29, 0.717) is 25.6 Å². The summed E-state index contributed by atoms with van der Waals surface area (Å²) in [4.78, 5) is 13.7. The molecule has 1 aromatic rings. The number of nitrogens with zero attached hydrogens (tertiary/aromatic N) is 1. The van der Waals surface area contributed by atoms with E-state index < -0.39 is 11.6 Å². The van der Waals surface area contributed by atoms with Gasteiger partial charge in [-0.05, 0) is 31.4 Å². The minimum atomic E-state index is -0.923. The molecule has 0 saturated carbocycles. The van der Waals surface area contributed by atoms with E-state index in [0.717, 1.165) is 18.9 Å². The summed E-state index contributed by atoms with van der Waals surface area (Å²) in [7, 11) is 0. The maximum Gasteiger partial charge on any atom is 0.227 e. The lowest BCUT2D eigenvalue weighted by atomic mass is 9.96. The second-order valence-corrected chi connectivity index (χ2v) is 4.95. The highest BCUT2D eigenvalue weighted by Gasteiger charge is 2.23. The largest absolute Gasteiger partial charge is 0.342 e. The maximum atomic E-state index is 13.5. The third-order valence-electron chi connectivity index (χ3n) is 3.67. The zero-order chi connectivity index (χ0) is 13.8. The number of likely N-dealkylation sites (tertiary alicyclic amines) is 1. The molecule has 0 atom stereocenters. The summed E-state index contributed by atoms with van der Waals surface area (Å²) in [5.74, 6) is -1.52. The Hall–Kier alpha value is -1.20. The topological polar surface area (TPSA) is 46.3 Å². The Morgan fingerprint density at radius 1 is 1.30 bits per heavy atom. The van der Waals surface area contributed by atoms with E-state index in [2.05, 4.69) is 0 Å². The van der Waals surface area contributed by atoms with Gasteiger partial charge in [-0.25, -0.2) is 8.78 Å². The lowest BCUT2D eigenvalue weighted by Crippen LogP contribution is -2.40. The molecule has 0 aromatic heterocycles. The van der Waals surface area contributed by atoms with Crippen LogP contribution in [0, 0.1) is 17.6 Å². The average Bonchev–Trinajstić information content (AvgIpc) is 2.44. The number of rotatable bonds is 3. The van der Waals surface area contributed by atoms with Crippen molar-refractivity contribution in [1.82, 2.24) is 4.90 Å². The normalized spacial score (nSPS) is 15.8. The number of halogens is 3. The number of amides is 1. The van der Waals surface area contributed by atoms with Gasteiger partial charge in [0.25, 0.3) is 0 Å². The van der Waals surface area contributed by atoms with Gasteiger partial charge < -0.3 is 10.6 Å². The molecular formula is C14H19ClF2N2O. The molecule has 3 nitrogen and oxygen atoms in total. The number of nitrogens with two attached hydrogens (primary N) is 1. The minimum Gasteiger partial charge on any atom is -0.342 e. The Morgan fingerprint density at radius 2 is 1.95 bits per heavy atom. The Balaban J connectivity index is 0.00000200. The Labute approximate surface area is 123 Å². The van der Waals surface area contributed by atoms with Crippen LogP contribution >= 0.6 is 12.4 Å². The van der Waals surface area contributed by atoms with E-state index in [1.807, 2.05) is 0 Å². The van der Waals surface area contributed by atoms with Crippen molar-refractivity contribution in [2.75, 3.05) is 19.6 Å². The minimum absolute atomic E-state index is 0. The van der Waals surface area contributed by atoms with Crippen molar-refractivity contribution in [3.8, 4) is 0 Å². The van der Waals surface area contributed by atoms with Crippen LogP contribution in [0.2, 0.25) is 0 Å². The summed E-state index contributed by atoms with van der Waals surface area (Å²) < 4.78 is 26.5. The van der Waals surface area contributed by atoms with Crippen LogP contribution in [0.3, 0.4) is 0 Å². The fourth-order valence-electron chi connectivity index (χ4n) is 2.38. The van der Waals surface area contributed by atoms with Crippen molar-refractivity contribution in [2.24, 2.45) is 11.7 Å². The van der Waals surface area contributed by atoms with Crippen molar-refractivity contribution in [3.05, 3.63) is 35.4 Å². The van der Waals surface area contributed by atoms with Gasteiger partial charge >= 0.3 is 0 Å². The standard InChI is InChI=1S/C14H18F2N2O.ClH/c15-12-3-1-2-11(14(12)16)8-13(19)18-6-4-10(9-17)5-7-18;/h1-3,10H,4-9,17H2;1H. The van der Waals surface area contributed by atoms with Crippen LogP contribution in [0.25, 0.3) is 0 Å². The third kappa shape index (κ3) is 3.90. The molecule has 1 amide bonds. The first-order chi connectivity index (χ1) is 9.11. The lowest BCUT2D eigenvalue weighted by Gasteiger charge is -2.31. The predicted molar refractivity (Wildman–Crippen MR) is 75.7 cm³/mol. The molecule has 0 bridgehead atoms. The van der Waals surface area contributed by atoms with Gasteiger partial charge in [-0.1, -0.05) is 12.1 Å². The summed E-state index contributed by atoms with van der Waals surface area (Å²) >= 11 is 0. The zero-order valence-corrected chi connectivity index (χ0v) is 12.0.